The Morgan fingerprint density at radius 1 is 0.667 bits per heavy atom. The molecule has 39 heavy (non-hydrogen) atoms. The standard InChI is InChI=1S/C21H19N7O2.2C2H4O2.Zn/c1-14(25-27-20(29)16-6-4-10-22-12-16)18-8-3-9-19(24-18)15(2)26-28-21(30)17-7-5-11-23-13-17;2*1-2(3)4;/h3-13H,1-2H3,(H,27,29)(H,28,30);2*1H3,(H,3,4);/q;;;+2/p-2/b25-14+,26-15+;;;. The Hall–Kier alpha value is -4.71. The van der Waals surface area contributed by atoms with Crippen LogP contribution in [0.3, 0.4) is 0 Å². The van der Waals surface area contributed by atoms with E-state index in [-0.39, 0.29) is 31.3 Å². The second-order valence-corrected chi connectivity index (χ2v) is 7.15. The van der Waals surface area contributed by atoms with Gasteiger partial charge in [0.05, 0.1) is 33.9 Å². The summed E-state index contributed by atoms with van der Waals surface area (Å²) >= 11 is 0. The predicted molar refractivity (Wildman–Crippen MR) is 133 cm³/mol. The third kappa shape index (κ3) is 14.6. The minimum atomic E-state index is -1.08. The summed E-state index contributed by atoms with van der Waals surface area (Å²) in [6.45, 7) is 5.40. The Bertz CT molecular complexity index is 1200. The van der Waals surface area contributed by atoms with E-state index in [1.165, 1.54) is 12.4 Å². The van der Waals surface area contributed by atoms with Gasteiger partial charge in [-0.15, -0.1) is 0 Å². The largest absolute Gasteiger partial charge is 2.00 e. The number of hydrogen-bond donors (Lipinski definition) is 2. The molecule has 0 atom stereocenters. The van der Waals surface area contributed by atoms with Crippen molar-refractivity contribution < 1.29 is 48.9 Å². The summed E-state index contributed by atoms with van der Waals surface area (Å²) in [6, 6.07) is 12.0. The average molecular weight is 585 g/mol. The minimum absolute atomic E-state index is 0. The van der Waals surface area contributed by atoms with Gasteiger partial charge in [-0.2, -0.15) is 10.2 Å². The van der Waals surface area contributed by atoms with Gasteiger partial charge < -0.3 is 19.8 Å². The van der Waals surface area contributed by atoms with E-state index in [1.54, 1.807) is 68.7 Å². The van der Waals surface area contributed by atoms with Gasteiger partial charge in [0.25, 0.3) is 11.8 Å². The van der Waals surface area contributed by atoms with Crippen molar-refractivity contribution in [1.82, 2.24) is 25.8 Å². The maximum Gasteiger partial charge on any atom is 2.00 e. The number of pyridine rings is 3. The number of hydrogen-bond acceptors (Lipinski definition) is 11. The number of amides is 2. The van der Waals surface area contributed by atoms with E-state index in [2.05, 4.69) is 36.0 Å². The fourth-order valence-corrected chi connectivity index (χ4v) is 2.34. The summed E-state index contributed by atoms with van der Waals surface area (Å²) in [5, 5.41) is 26.0. The molecule has 0 aromatic carbocycles. The third-order valence-electron chi connectivity index (χ3n) is 3.99. The smallest absolute Gasteiger partial charge is 0.550 e. The van der Waals surface area contributed by atoms with Gasteiger partial charge in [0.1, 0.15) is 0 Å². The topological polar surface area (TPSA) is 202 Å². The molecule has 0 aliphatic heterocycles. The molecule has 0 bridgehead atoms. The second-order valence-electron chi connectivity index (χ2n) is 7.15. The van der Waals surface area contributed by atoms with E-state index in [0.717, 1.165) is 13.8 Å². The second kappa shape index (κ2) is 18.5. The first kappa shape index (κ1) is 34.3. The molecule has 3 aromatic heterocycles. The number of nitrogens with one attached hydrogen (secondary N) is 2. The molecule has 2 N–H and O–H groups in total. The number of aromatic nitrogens is 3. The fraction of sp³-hybridized carbons (Fsp3) is 0.160. The molecular formula is C25H25N7O6Zn. The van der Waals surface area contributed by atoms with Gasteiger partial charge in [-0.1, -0.05) is 6.07 Å². The van der Waals surface area contributed by atoms with E-state index in [0.29, 0.717) is 33.9 Å². The normalized spacial score (nSPS) is 10.3. The molecule has 2 amide bonds. The number of carboxylic acid groups (broad SMARTS) is 2. The summed E-state index contributed by atoms with van der Waals surface area (Å²) in [4.78, 5) is 54.2. The number of hydrazone groups is 2. The van der Waals surface area contributed by atoms with Gasteiger partial charge in [-0.25, -0.2) is 15.8 Å². The van der Waals surface area contributed by atoms with Gasteiger partial charge in [-0.3, -0.25) is 19.6 Å². The molecule has 14 heteroatoms. The predicted octanol–water partition coefficient (Wildman–Crippen LogP) is -0.310. The number of aliphatic carboxylic acids is 2. The van der Waals surface area contributed by atoms with Gasteiger partial charge in [0, 0.05) is 36.7 Å². The van der Waals surface area contributed by atoms with E-state index < -0.39 is 11.9 Å². The zero-order valence-corrected chi connectivity index (χ0v) is 24.7. The van der Waals surface area contributed by atoms with Crippen molar-refractivity contribution in [3.8, 4) is 0 Å². The first-order valence-electron chi connectivity index (χ1n) is 10.8. The van der Waals surface area contributed by atoms with Crippen LogP contribution in [-0.4, -0.2) is 50.1 Å². The van der Waals surface area contributed by atoms with Crippen LogP contribution in [0.4, 0.5) is 0 Å². The quantitative estimate of drug-likeness (QED) is 0.221. The molecule has 3 aromatic rings. The first-order valence-corrected chi connectivity index (χ1v) is 10.8. The first-order chi connectivity index (χ1) is 18.0. The zero-order valence-electron chi connectivity index (χ0n) is 21.7. The number of carbonyl (C=O) groups is 4. The molecule has 13 nitrogen and oxygen atoms in total. The molecular weight excluding hydrogens is 560 g/mol. The maximum absolute atomic E-state index is 12.1. The molecule has 0 fully saturated rings. The SMILES string of the molecule is C/C(=N\NC(=O)c1cccnc1)c1cccc(/C(C)=N/NC(=O)c2cccnc2)n1.CC(=O)[O-].CC(=O)[O-].[Zn+2]. The van der Waals surface area contributed by atoms with Crippen LogP contribution in [0.15, 0.2) is 77.5 Å². The molecule has 3 heterocycles. The van der Waals surface area contributed by atoms with Crippen molar-refractivity contribution in [1.29, 1.82) is 0 Å². The van der Waals surface area contributed by atoms with Crippen LogP contribution in [0, 0.1) is 0 Å². The fourth-order valence-electron chi connectivity index (χ4n) is 2.34. The van der Waals surface area contributed by atoms with Crippen molar-refractivity contribution in [3.05, 3.63) is 89.8 Å². The Morgan fingerprint density at radius 2 is 1.03 bits per heavy atom. The molecule has 0 aliphatic carbocycles. The van der Waals surface area contributed by atoms with Crippen LogP contribution in [0.2, 0.25) is 0 Å². The van der Waals surface area contributed by atoms with Crippen LogP contribution < -0.4 is 21.1 Å². The molecule has 0 aliphatic rings. The van der Waals surface area contributed by atoms with E-state index in [9.17, 15) is 9.59 Å². The molecule has 0 spiro atoms. The Morgan fingerprint density at radius 3 is 1.33 bits per heavy atom. The van der Waals surface area contributed by atoms with Crippen molar-refractivity contribution in [3.63, 3.8) is 0 Å². The van der Waals surface area contributed by atoms with Crippen LogP contribution in [-0.2, 0) is 29.1 Å². The van der Waals surface area contributed by atoms with Crippen LogP contribution >= 0.6 is 0 Å². The van der Waals surface area contributed by atoms with Gasteiger partial charge >= 0.3 is 19.5 Å². The average Bonchev–Trinajstić information content (AvgIpc) is 2.90. The molecule has 0 saturated carbocycles. The Kier molecular flexibility index (Phi) is 16.3. The summed E-state index contributed by atoms with van der Waals surface area (Å²) < 4.78 is 0. The van der Waals surface area contributed by atoms with E-state index in [1.807, 2.05) is 0 Å². The number of carboxylic acids is 2. The van der Waals surface area contributed by atoms with Gasteiger partial charge in [-0.05, 0) is 64.1 Å². The van der Waals surface area contributed by atoms with Crippen LogP contribution in [0.25, 0.3) is 0 Å². The zero-order chi connectivity index (χ0) is 28.5. The van der Waals surface area contributed by atoms with Crippen LogP contribution in [0.5, 0.6) is 0 Å². The van der Waals surface area contributed by atoms with E-state index in [4.69, 9.17) is 19.8 Å². The maximum atomic E-state index is 12.1. The summed E-state index contributed by atoms with van der Waals surface area (Å²) in [5.74, 6) is -2.90. The van der Waals surface area contributed by atoms with Gasteiger partial charge in [0.2, 0.25) is 0 Å². The molecule has 0 saturated heterocycles. The number of nitrogens with zero attached hydrogens (tertiary/aromatic N) is 5. The molecule has 0 radical (unpaired) electrons. The number of rotatable bonds is 6. The monoisotopic (exact) mass is 583 g/mol. The molecule has 0 unspecified atom stereocenters. The van der Waals surface area contributed by atoms with Crippen molar-refractivity contribution in [2.75, 3.05) is 0 Å². The van der Waals surface area contributed by atoms with Gasteiger partial charge in [0.15, 0.2) is 0 Å². The van der Waals surface area contributed by atoms with Crippen LogP contribution in [0.1, 0.15) is 59.8 Å². The summed E-state index contributed by atoms with van der Waals surface area (Å²) in [6.07, 6.45) is 6.09. The van der Waals surface area contributed by atoms with Crippen molar-refractivity contribution in [2.24, 2.45) is 10.2 Å². The Labute approximate surface area is 237 Å². The molecule has 3 rings (SSSR count). The van der Waals surface area contributed by atoms with Crippen molar-refractivity contribution >= 4 is 35.2 Å². The summed E-state index contributed by atoms with van der Waals surface area (Å²) in [7, 11) is 0. The number of carbonyl (C=O) groups excluding carboxylic acids is 4. The molecule has 198 valence electrons. The summed E-state index contributed by atoms with van der Waals surface area (Å²) in [5.41, 5.74) is 7.93. The van der Waals surface area contributed by atoms with Crippen molar-refractivity contribution in [2.45, 2.75) is 27.7 Å². The van der Waals surface area contributed by atoms with E-state index >= 15 is 0 Å². The Balaban J connectivity index is 0.00000142. The minimum Gasteiger partial charge on any atom is -0.550 e. The third-order valence-corrected chi connectivity index (χ3v) is 3.99.